The van der Waals surface area contributed by atoms with Gasteiger partial charge in [0.2, 0.25) is 0 Å². The Kier molecular flexibility index (Phi) is 3.45. The molecule has 0 saturated heterocycles. The maximum absolute atomic E-state index is 10.8. The number of thiophene rings is 1. The molecule has 2 heterocycles. The molecule has 98 valence electrons. The van der Waals surface area contributed by atoms with Crippen LogP contribution in [0.1, 0.15) is 37.4 Å². The van der Waals surface area contributed by atoms with Gasteiger partial charge in [0.15, 0.2) is 5.75 Å². The molecule has 1 atom stereocenters. The van der Waals surface area contributed by atoms with Gasteiger partial charge in [0.25, 0.3) is 0 Å². The highest BCUT2D eigenvalue weighted by molar-refractivity contribution is 7.10. The summed E-state index contributed by atoms with van der Waals surface area (Å²) in [6, 6.07) is 4.01. The minimum atomic E-state index is -1.10. The molecule has 4 nitrogen and oxygen atoms in total. The van der Waals surface area contributed by atoms with E-state index in [2.05, 4.69) is 5.10 Å². The fourth-order valence-corrected chi connectivity index (χ4v) is 2.81. The average Bonchev–Trinajstić information content (AvgIpc) is 2.98. The van der Waals surface area contributed by atoms with Crippen molar-refractivity contribution >= 4 is 11.3 Å². The molecule has 1 N–H and O–H groups in total. The smallest absolute Gasteiger partial charge is 0.163 e. The zero-order valence-corrected chi connectivity index (χ0v) is 11.9. The van der Waals surface area contributed by atoms with Gasteiger partial charge in [-0.15, -0.1) is 11.3 Å². The molecule has 0 fully saturated rings. The fourth-order valence-electron chi connectivity index (χ4n) is 2.02. The highest BCUT2D eigenvalue weighted by atomic mass is 32.1. The van der Waals surface area contributed by atoms with Gasteiger partial charge in [0, 0.05) is 10.9 Å². The molecule has 0 aliphatic carbocycles. The minimum Gasteiger partial charge on any atom is -0.493 e. The second-order valence-corrected chi connectivity index (χ2v) is 5.60. The second kappa shape index (κ2) is 4.74. The fraction of sp³-hybridized carbons (Fsp3) is 0.462. The van der Waals surface area contributed by atoms with Crippen molar-refractivity contribution in [1.29, 1.82) is 0 Å². The summed E-state index contributed by atoms with van der Waals surface area (Å²) in [7, 11) is 1.59. The lowest BCUT2D eigenvalue weighted by Gasteiger charge is -2.25. The second-order valence-electron chi connectivity index (χ2n) is 4.65. The number of aliphatic hydroxyl groups is 1. The zero-order valence-electron chi connectivity index (χ0n) is 11.0. The van der Waals surface area contributed by atoms with E-state index in [1.165, 1.54) is 11.3 Å². The van der Waals surface area contributed by atoms with E-state index >= 15 is 0 Å². The lowest BCUT2D eigenvalue weighted by Crippen LogP contribution is -2.27. The molecular weight excluding hydrogens is 248 g/mol. The summed E-state index contributed by atoms with van der Waals surface area (Å²) >= 11 is 1.52. The number of aromatic nitrogens is 2. The monoisotopic (exact) mass is 266 g/mol. The summed E-state index contributed by atoms with van der Waals surface area (Å²) in [4.78, 5) is 0.878. The molecule has 0 aliphatic heterocycles. The number of hydrogen-bond acceptors (Lipinski definition) is 4. The number of nitrogens with zero attached hydrogens (tertiary/aromatic N) is 2. The Morgan fingerprint density at radius 3 is 2.72 bits per heavy atom. The molecule has 5 heteroatoms. The van der Waals surface area contributed by atoms with Crippen LogP contribution < -0.4 is 4.74 Å². The number of methoxy groups -OCH3 is 1. The summed E-state index contributed by atoms with van der Waals surface area (Å²) in [5.41, 5.74) is -0.400. The topological polar surface area (TPSA) is 47.3 Å². The van der Waals surface area contributed by atoms with Gasteiger partial charge in [-0.2, -0.15) is 5.10 Å². The highest BCUT2D eigenvalue weighted by Crippen LogP contribution is 2.38. The van der Waals surface area contributed by atoms with Crippen LogP contribution >= 0.6 is 11.3 Å². The van der Waals surface area contributed by atoms with Crippen LogP contribution in [0.15, 0.2) is 23.7 Å². The maximum atomic E-state index is 10.8. The molecule has 18 heavy (non-hydrogen) atoms. The van der Waals surface area contributed by atoms with E-state index in [0.29, 0.717) is 11.4 Å². The molecule has 2 rings (SSSR count). The third kappa shape index (κ3) is 2.04. The number of hydrogen-bond donors (Lipinski definition) is 1. The van der Waals surface area contributed by atoms with Crippen LogP contribution in [-0.2, 0) is 5.60 Å². The third-order valence-corrected chi connectivity index (χ3v) is 4.01. The van der Waals surface area contributed by atoms with E-state index < -0.39 is 5.60 Å². The van der Waals surface area contributed by atoms with E-state index in [1.807, 2.05) is 31.4 Å². The largest absolute Gasteiger partial charge is 0.493 e. The van der Waals surface area contributed by atoms with E-state index in [1.54, 1.807) is 24.9 Å². The molecule has 0 spiro atoms. The van der Waals surface area contributed by atoms with Crippen molar-refractivity contribution in [1.82, 2.24) is 9.78 Å². The Bertz CT molecular complexity index is 515. The Balaban J connectivity index is 2.58. The molecule has 0 saturated carbocycles. The van der Waals surface area contributed by atoms with Gasteiger partial charge in [-0.1, -0.05) is 6.07 Å². The first kappa shape index (κ1) is 13.1. The van der Waals surface area contributed by atoms with E-state index in [9.17, 15) is 5.11 Å². The Morgan fingerprint density at radius 2 is 2.22 bits per heavy atom. The lowest BCUT2D eigenvalue weighted by molar-refractivity contribution is 0.0906. The predicted octanol–water partition coefficient (Wildman–Crippen LogP) is 2.79. The highest BCUT2D eigenvalue weighted by Gasteiger charge is 2.35. The summed E-state index contributed by atoms with van der Waals surface area (Å²) in [6.07, 6.45) is 1.65. The van der Waals surface area contributed by atoms with Crippen LogP contribution in [0.5, 0.6) is 5.75 Å². The van der Waals surface area contributed by atoms with Crippen LogP contribution in [0.25, 0.3) is 0 Å². The summed E-state index contributed by atoms with van der Waals surface area (Å²) in [5, 5.41) is 17.1. The van der Waals surface area contributed by atoms with Crippen LogP contribution in [0.3, 0.4) is 0 Å². The molecule has 1 unspecified atom stereocenters. The van der Waals surface area contributed by atoms with Crippen LogP contribution in [0.2, 0.25) is 0 Å². The first-order valence-corrected chi connectivity index (χ1v) is 6.74. The molecule has 0 bridgehead atoms. The van der Waals surface area contributed by atoms with Crippen molar-refractivity contribution in [2.24, 2.45) is 0 Å². The third-order valence-electron chi connectivity index (χ3n) is 2.93. The van der Waals surface area contributed by atoms with E-state index in [-0.39, 0.29) is 6.04 Å². The van der Waals surface area contributed by atoms with Gasteiger partial charge in [0.1, 0.15) is 11.3 Å². The SMILES string of the molecule is COc1cnn(C(C)C)c1C(C)(O)c1cccs1. The van der Waals surface area contributed by atoms with Crippen molar-refractivity contribution in [2.45, 2.75) is 32.4 Å². The predicted molar refractivity (Wildman–Crippen MR) is 72.2 cm³/mol. The summed E-state index contributed by atoms with van der Waals surface area (Å²) < 4.78 is 7.13. The van der Waals surface area contributed by atoms with Crippen molar-refractivity contribution in [2.75, 3.05) is 7.11 Å². The standard InChI is InChI=1S/C13H18N2O2S/c1-9(2)15-12(10(17-4)8-14-15)13(3,16)11-6-5-7-18-11/h5-9,16H,1-4H3. The molecule has 2 aromatic rings. The first-order valence-electron chi connectivity index (χ1n) is 5.86. The number of ether oxygens (including phenoxy) is 1. The van der Waals surface area contributed by atoms with Crippen LogP contribution in [0.4, 0.5) is 0 Å². The molecular formula is C13H18N2O2S. The van der Waals surface area contributed by atoms with Gasteiger partial charge in [0.05, 0.1) is 13.3 Å². The van der Waals surface area contributed by atoms with Crippen molar-refractivity contribution in [3.8, 4) is 5.75 Å². The number of rotatable bonds is 4. The Labute approximate surface area is 111 Å². The lowest BCUT2D eigenvalue weighted by atomic mass is 9.99. The summed E-state index contributed by atoms with van der Waals surface area (Å²) in [5.74, 6) is 0.613. The Morgan fingerprint density at radius 1 is 1.50 bits per heavy atom. The van der Waals surface area contributed by atoms with E-state index in [4.69, 9.17) is 4.74 Å². The van der Waals surface area contributed by atoms with Crippen molar-refractivity contribution in [3.05, 3.63) is 34.3 Å². The summed E-state index contributed by atoms with van der Waals surface area (Å²) in [6.45, 7) is 5.83. The zero-order chi connectivity index (χ0) is 13.3. The Hall–Kier alpha value is -1.33. The van der Waals surface area contributed by atoms with Crippen LogP contribution in [-0.4, -0.2) is 22.0 Å². The quantitative estimate of drug-likeness (QED) is 0.925. The molecule has 0 radical (unpaired) electrons. The van der Waals surface area contributed by atoms with Gasteiger partial charge in [-0.05, 0) is 32.2 Å². The van der Waals surface area contributed by atoms with Gasteiger partial charge >= 0.3 is 0 Å². The molecule has 0 aliphatic rings. The van der Waals surface area contributed by atoms with Gasteiger partial charge < -0.3 is 9.84 Å². The first-order chi connectivity index (χ1) is 8.48. The normalized spacial score (nSPS) is 14.8. The van der Waals surface area contributed by atoms with Crippen molar-refractivity contribution in [3.63, 3.8) is 0 Å². The van der Waals surface area contributed by atoms with Crippen LogP contribution in [0, 0.1) is 0 Å². The molecule has 0 amide bonds. The molecule has 0 aromatic carbocycles. The van der Waals surface area contributed by atoms with Gasteiger partial charge in [-0.25, -0.2) is 0 Å². The maximum Gasteiger partial charge on any atom is 0.163 e. The van der Waals surface area contributed by atoms with E-state index in [0.717, 1.165) is 4.88 Å². The van der Waals surface area contributed by atoms with Crippen molar-refractivity contribution < 1.29 is 9.84 Å². The molecule has 2 aromatic heterocycles. The minimum absolute atomic E-state index is 0.162. The average molecular weight is 266 g/mol. The van der Waals surface area contributed by atoms with Gasteiger partial charge in [-0.3, -0.25) is 4.68 Å².